The van der Waals surface area contributed by atoms with Gasteiger partial charge in [0.15, 0.2) is 0 Å². The highest BCUT2D eigenvalue weighted by Crippen LogP contribution is 2.21. The van der Waals surface area contributed by atoms with E-state index in [4.69, 9.17) is 16.2 Å². The van der Waals surface area contributed by atoms with Crippen LogP contribution in [0.15, 0.2) is 24.3 Å². The van der Waals surface area contributed by atoms with Gasteiger partial charge in [-0.05, 0) is 56.2 Å². The number of methoxy groups -OCH3 is 1. The number of benzene rings is 1. The second-order valence-corrected chi connectivity index (χ2v) is 20.0. The van der Waals surface area contributed by atoms with Crippen molar-refractivity contribution in [2.45, 2.75) is 191 Å². The number of aliphatic hydroxyl groups excluding tert-OH is 2. The molecule has 3 rings (SSSR count). The Morgan fingerprint density at radius 3 is 1.79 bits per heavy atom. The van der Waals surface area contributed by atoms with E-state index < -0.39 is 158 Å². The summed E-state index contributed by atoms with van der Waals surface area (Å²) in [6.45, 7) is 4.41. The zero-order valence-electron chi connectivity index (χ0n) is 44.1. The first-order chi connectivity index (χ1) is 36.0. The van der Waals surface area contributed by atoms with Gasteiger partial charge in [0.25, 0.3) is 0 Å². The molecular weight excluding hydrogens is 993 g/mol. The van der Waals surface area contributed by atoms with Gasteiger partial charge in [0.05, 0.1) is 32.7 Å². The van der Waals surface area contributed by atoms with Crippen LogP contribution in [0.2, 0.25) is 0 Å². The molecule has 2 aliphatic heterocycles. The molecule has 1 unspecified atom stereocenters. The van der Waals surface area contributed by atoms with Crippen LogP contribution in [0.25, 0.3) is 0 Å². The molecular formula is C51H80N10O15. The van der Waals surface area contributed by atoms with E-state index in [0.717, 1.165) is 57.0 Å². The topological polar surface area (TPSA) is 397 Å². The zero-order chi connectivity index (χ0) is 56.5. The minimum absolute atomic E-state index is 0.0107. The summed E-state index contributed by atoms with van der Waals surface area (Å²) < 4.78 is 4.71. The van der Waals surface area contributed by atoms with E-state index in [9.17, 15) is 68.1 Å². The van der Waals surface area contributed by atoms with Gasteiger partial charge in [-0.3, -0.25) is 52.7 Å². The van der Waals surface area contributed by atoms with E-state index in [1.807, 2.05) is 0 Å². The van der Waals surface area contributed by atoms with Crippen LogP contribution in [0.1, 0.15) is 135 Å². The van der Waals surface area contributed by atoms with Gasteiger partial charge in [0.1, 0.15) is 48.0 Å². The predicted molar refractivity (Wildman–Crippen MR) is 273 cm³/mol. The molecule has 2 saturated heterocycles. The average molecular weight is 1070 g/mol. The standard InChI is InChI=1S/C51H80N10O15/c1-29(2)14-11-9-7-5-6-8-10-12-15-32-25-42(67)55-36(26-40(52)65)47(71)57-35(24-31-17-19-33(64)20-18-31)46(70)58-37(27-41(53)66)51(75)61-23-13-16-39(61)49(73)56-34(21-22-43(68)76-4)45(69)59-38(28-62)48(72)60-44(30(3)63)50(74)54-32/h17-20,29-30,32,34-39,44,62-64H,5-16,21-28H2,1-4H3,(H2,52,65)(H2,53,66)(H,54,74)(H,55,67)(H,56,73)(H,57,71)(H,58,70)(H,59,69)(H,60,72)/t30-,32?,34+,35-,36+,37-,38-,39+,44+/m1/s1. The minimum Gasteiger partial charge on any atom is -0.508 e. The molecule has 0 saturated carbocycles. The van der Waals surface area contributed by atoms with Gasteiger partial charge in [-0.25, -0.2) is 0 Å². The second kappa shape index (κ2) is 32.5. The maximum atomic E-state index is 14.3. The summed E-state index contributed by atoms with van der Waals surface area (Å²) in [7, 11) is 1.09. The monoisotopic (exact) mass is 1070 g/mol. The van der Waals surface area contributed by atoms with Crippen molar-refractivity contribution in [1.82, 2.24) is 42.1 Å². The third-order valence-electron chi connectivity index (χ3n) is 13.2. The molecule has 0 spiro atoms. The number of amides is 10. The number of primary amides is 2. The number of phenolic OH excluding ortho intramolecular Hbond substituents is 1. The van der Waals surface area contributed by atoms with Gasteiger partial charge >= 0.3 is 5.97 Å². The summed E-state index contributed by atoms with van der Waals surface area (Å²) in [5.74, 6) is -10.5. The fourth-order valence-electron chi connectivity index (χ4n) is 8.96. The molecule has 0 bridgehead atoms. The number of carbonyl (C=O) groups excluding carboxylic acids is 11. The molecule has 1 aromatic carbocycles. The molecule has 76 heavy (non-hydrogen) atoms. The van der Waals surface area contributed by atoms with E-state index in [1.165, 1.54) is 31.2 Å². The number of hydrogen-bond acceptors (Lipinski definition) is 15. The van der Waals surface area contributed by atoms with Crippen LogP contribution in [0, 0.1) is 5.92 Å². The summed E-state index contributed by atoms with van der Waals surface area (Å²) in [6.07, 6.45) is 4.14. The zero-order valence-corrected chi connectivity index (χ0v) is 44.1. The Balaban J connectivity index is 2.10. The van der Waals surface area contributed by atoms with Crippen molar-refractivity contribution in [2.24, 2.45) is 17.4 Å². The van der Waals surface area contributed by atoms with E-state index in [0.29, 0.717) is 24.3 Å². The first-order valence-electron chi connectivity index (χ1n) is 26.2. The number of nitrogens with two attached hydrogens (primary N) is 2. The van der Waals surface area contributed by atoms with Gasteiger partial charge < -0.3 is 73.6 Å². The number of nitrogens with zero attached hydrogens (tertiary/aromatic N) is 1. The minimum atomic E-state index is -1.81. The number of rotatable bonds is 22. The maximum Gasteiger partial charge on any atom is 0.305 e. The van der Waals surface area contributed by atoms with Crippen LogP contribution in [-0.4, -0.2) is 160 Å². The lowest BCUT2D eigenvalue weighted by molar-refractivity contribution is -0.144. The fourth-order valence-corrected chi connectivity index (χ4v) is 8.96. The number of nitrogens with one attached hydrogen (secondary N) is 7. The van der Waals surface area contributed by atoms with Gasteiger partial charge in [-0.1, -0.05) is 83.8 Å². The summed E-state index contributed by atoms with van der Waals surface area (Å²) >= 11 is 0. The number of aromatic hydroxyl groups is 1. The summed E-state index contributed by atoms with van der Waals surface area (Å²) in [5, 5.41) is 48.3. The number of phenols is 1. The highest BCUT2D eigenvalue weighted by Gasteiger charge is 2.41. The van der Waals surface area contributed by atoms with Crippen LogP contribution >= 0.6 is 0 Å². The summed E-state index contributed by atoms with van der Waals surface area (Å²) in [5.41, 5.74) is 11.5. The van der Waals surface area contributed by atoms with Crippen LogP contribution in [-0.2, 0) is 63.9 Å². The average Bonchev–Trinajstić information content (AvgIpc) is 3.85. The van der Waals surface area contributed by atoms with E-state index in [1.54, 1.807) is 0 Å². The number of aliphatic hydroxyl groups is 2. The van der Waals surface area contributed by atoms with Crippen molar-refractivity contribution >= 4 is 65.0 Å². The van der Waals surface area contributed by atoms with Crippen LogP contribution in [0.3, 0.4) is 0 Å². The number of unbranched alkanes of at least 4 members (excludes halogenated alkanes) is 7. The molecule has 2 heterocycles. The summed E-state index contributed by atoms with van der Waals surface area (Å²) in [4.78, 5) is 150. The largest absolute Gasteiger partial charge is 0.508 e. The fraction of sp³-hybridized carbons (Fsp3) is 0.667. The molecule has 0 aromatic heterocycles. The Kier molecular flexibility index (Phi) is 27.1. The third kappa shape index (κ3) is 22.1. The van der Waals surface area contributed by atoms with Gasteiger partial charge in [-0.2, -0.15) is 0 Å². The SMILES string of the molecule is COC(=O)CC[C@@H]1NC(=O)[C@@H]2CCCN2C(=O)[C@@H](CC(N)=O)NC(=O)[C@@H](Cc2ccc(O)cc2)NC(=O)[C@H](CC(N)=O)NC(=O)CC(CCCCCCCCCCC(C)C)NC(=O)[C@H]([C@@H](C)O)NC(=O)[C@@H](CO)NC1=O. The van der Waals surface area contributed by atoms with Crippen LogP contribution in [0.4, 0.5) is 0 Å². The number of fused-ring (bicyclic) bond motifs is 1. The molecule has 2 aliphatic rings. The van der Waals surface area contributed by atoms with Crippen LogP contribution in [0.5, 0.6) is 5.75 Å². The van der Waals surface area contributed by atoms with Gasteiger partial charge in [0, 0.05) is 31.8 Å². The molecule has 10 amide bonds. The Morgan fingerprint density at radius 2 is 1.20 bits per heavy atom. The number of ether oxygens (including phenoxy) is 1. The van der Waals surface area contributed by atoms with Crippen molar-refractivity contribution < 1.29 is 72.8 Å². The number of esters is 1. The second-order valence-electron chi connectivity index (χ2n) is 20.0. The van der Waals surface area contributed by atoms with E-state index in [2.05, 4.69) is 51.1 Å². The molecule has 424 valence electrons. The molecule has 9 atom stereocenters. The Hall–Kier alpha value is -6.89. The Bertz CT molecular complexity index is 2160. The maximum absolute atomic E-state index is 14.3. The van der Waals surface area contributed by atoms with Crippen molar-refractivity contribution in [3.63, 3.8) is 0 Å². The molecule has 1 aromatic rings. The van der Waals surface area contributed by atoms with Gasteiger partial charge in [0.2, 0.25) is 59.1 Å². The van der Waals surface area contributed by atoms with Crippen molar-refractivity contribution in [1.29, 1.82) is 0 Å². The lowest BCUT2D eigenvalue weighted by atomic mass is 10.0. The smallest absolute Gasteiger partial charge is 0.305 e. The van der Waals surface area contributed by atoms with Crippen LogP contribution < -0.4 is 48.7 Å². The highest BCUT2D eigenvalue weighted by molar-refractivity contribution is 6.00. The Labute approximate surface area is 442 Å². The van der Waals surface area contributed by atoms with E-state index >= 15 is 0 Å². The first-order valence-corrected chi connectivity index (χ1v) is 26.2. The quantitative estimate of drug-likeness (QED) is 0.0458. The number of hydrogen-bond donors (Lipinski definition) is 12. The highest BCUT2D eigenvalue weighted by atomic mass is 16.5. The lowest BCUT2D eigenvalue weighted by Gasteiger charge is -2.30. The molecule has 25 nitrogen and oxygen atoms in total. The van der Waals surface area contributed by atoms with Crippen molar-refractivity contribution in [3.05, 3.63) is 29.8 Å². The molecule has 2 fully saturated rings. The third-order valence-corrected chi connectivity index (χ3v) is 13.2. The normalized spacial score (nSPS) is 24.3. The van der Waals surface area contributed by atoms with Crippen molar-refractivity contribution in [3.8, 4) is 5.75 Å². The molecule has 25 heteroatoms. The van der Waals surface area contributed by atoms with Crippen molar-refractivity contribution in [2.75, 3.05) is 20.3 Å². The number of carbonyl (C=O) groups is 11. The van der Waals surface area contributed by atoms with Gasteiger partial charge in [-0.15, -0.1) is 0 Å². The Morgan fingerprint density at radius 1 is 0.658 bits per heavy atom. The lowest BCUT2D eigenvalue weighted by Crippen LogP contribution is -2.61. The predicted octanol–water partition coefficient (Wildman–Crippen LogP) is -1.64. The molecule has 14 N–H and O–H groups in total. The molecule has 0 radical (unpaired) electrons. The van der Waals surface area contributed by atoms with E-state index in [-0.39, 0.29) is 38.0 Å². The summed E-state index contributed by atoms with van der Waals surface area (Å²) in [6, 6.07) is -7.09. The first kappa shape index (κ1) is 63.4. The molecule has 0 aliphatic carbocycles.